The van der Waals surface area contributed by atoms with Crippen molar-refractivity contribution in [3.8, 4) is 5.88 Å². The van der Waals surface area contributed by atoms with Crippen molar-refractivity contribution in [2.24, 2.45) is 5.92 Å². The number of aromatic nitrogens is 2. The lowest BCUT2D eigenvalue weighted by Gasteiger charge is -2.32. The first-order valence-corrected chi connectivity index (χ1v) is 9.37. The fraction of sp³-hybridized carbons (Fsp3) is 0.737. The third-order valence-corrected chi connectivity index (χ3v) is 5.27. The standard InChI is InChI=1S/C19H29N3O2/c1-14-13-18(21-15(2)20-14)24-17-9-11-22(12-10-17)19(23)8-7-16-5-3-4-6-16/h13,16-17H,3-12H2,1-2H3. The molecule has 2 heterocycles. The highest BCUT2D eigenvalue weighted by molar-refractivity contribution is 5.76. The molecule has 1 amide bonds. The third-order valence-electron chi connectivity index (χ3n) is 5.27. The minimum atomic E-state index is 0.151. The molecule has 132 valence electrons. The lowest BCUT2D eigenvalue weighted by Crippen LogP contribution is -2.41. The molecule has 0 unspecified atom stereocenters. The minimum absolute atomic E-state index is 0.151. The number of rotatable bonds is 5. The Bertz CT molecular complexity index is 541. The molecule has 0 spiro atoms. The quantitative estimate of drug-likeness (QED) is 0.829. The number of hydrogen-bond donors (Lipinski definition) is 0. The molecule has 0 bridgehead atoms. The molecule has 0 atom stereocenters. The molecule has 2 aliphatic rings. The second-order valence-electron chi connectivity index (χ2n) is 7.28. The van der Waals surface area contributed by atoms with Gasteiger partial charge in [-0.2, -0.15) is 4.98 Å². The maximum absolute atomic E-state index is 12.4. The number of carbonyl (C=O) groups is 1. The van der Waals surface area contributed by atoms with Gasteiger partial charge in [-0.3, -0.25) is 4.79 Å². The van der Waals surface area contributed by atoms with Gasteiger partial charge in [-0.1, -0.05) is 25.7 Å². The lowest BCUT2D eigenvalue weighted by atomic mass is 10.0. The summed E-state index contributed by atoms with van der Waals surface area (Å²) in [6.45, 7) is 5.44. The number of carbonyl (C=O) groups excluding carboxylic acids is 1. The molecular formula is C19H29N3O2. The topological polar surface area (TPSA) is 55.3 Å². The van der Waals surface area contributed by atoms with Gasteiger partial charge in [0.05, 0.1) is 0 Å². The van der Waals surface area contributed by atoms with Crippen LogP contribution in [0, 0.1) is 19.8 Å². The summed E-state index contributed by atoms with van der Waals surface area (Å²) >= 11 is 0. The van der Waals surface area contributed by atoms with Crippen molar-refractivity contribution in [1.29, 1.82) is 0 Å². The molecule has 1 saturated carbocycles. The molecule has 0 aromatic carbocycles. The normalized spacial score (nSPS) is 19.7. The van der Waals surface area contributed by atoms with Crippen LogP contribution < -0.4 is 4.74 Å². The first kappa shape index (κ1) is 17.2. The molecule has 1 aliphatic carbocycles. The molecule has 3 rings (SSSR count). The van der Waals surface area contributed by atoms with Crippen LogP contribution in [0.3, 0.4) is 0 Å². The maximum Gasteiger partial charge on any atom is 0.222 e. The van der Waals surface area contributed by atoms with Crippen molar-refractivity contribution in [3.63, 3.8) is 0 Å². The summed E-state index contributed by atoms with van der Waals surface area (Å²) in [5.41, 5.74) is 0.928. The molecule has 1 aliphatic heterocycles. The largest absolute Gasteiger partial charge is 0.474 e. The van der Waals surface area contributed by atoms with Crippen molar-refractivity contribution < 1.29 is 9.53 Å². The average Bonchev–Trinajstić information content (AvgIpc) is 3.06. The van der Waals surface area contributed by atoms with Crippen LogP contribution in [0.5, 0.6) is 5.88 Å². The van der Waals surface area contributed by atoms with E-state index >= 15 is 0 Å². The molecule has 1 aromatic heterocycles. The molecule has 1 saturated heterocycles. The Labute approximate surface area is 144 Å². The Morgan fingerprint density at radius 3 is 2.54 bits per heavy atom. The Morgan fingerprint density at radius 2 is 1.88 bits per heavy atom. The van der Waals surface area contributed by atoms with Crippen LogP contribution in [0.1, 0.15) is 62.9 Å². The zero-order valence-electron chi connectivity index (χ0n) is 15.0. The van der Waals surface area contributed by atoms with Gasteiger partial charge in [0.1, 0.15) is 11.9 Å². The Hall–Kier alpha value is -1.65. The van der Waals surface area contributed by atoms with Gasteiger partial charge < -0.3 is 9.64 Å². The van der Waals surface area contributed by atoms with Gasteiger partial charge >= 0.3 is 0 Å². The van der Waals surface area contributed by atoms with E-state index in [0.29, 0.717) is 11.8 Å². The zero-order chi connectivity index (χ0) is 16.9. The summed E-state index contributed by atoms with van der Waals surface area (Å²) in [5, 5.41) is 0. The Balaban J connectivity index is 1.42. The van der Waals surface area contributed by atoms with Crippen LogP contribution in [-0.4, -0.2) is 40.0 Å². The molecule has 0 N–H and O–H groups in total. The first-order chi connectivity index (χ1) is 11.6. The number of ether oxygens (including phenoxy) is 1. The molecule has 24 heavy (non-hydrogen) atoms. The monoisotopic (exact) mass is 331 g/mol. The lowest BCUT2D eigenvalue weighted by molar-refractivity contribution is -0.133. The Kier molecular flexibility index (Phi) is 5.69. The van der Waals surface area contributed by atoms with Crippen LogP contribution in [-0.2, 0) is 4.79 Å². The predicted octanol–water partition coefficient (Wildman–Crippen LogP) is 3.43. The highest BCUT2D eigenvalue weighted by Gasteiger charge is 2.25. The molecular weight excluding hydrogens is 302 g/mol. The van der Waals surface area contributed by atoms with Gasteiger partial charge in [0.2, 0.25) is 11.8 Å². The smallest absolute Gasteiger partial charge is 0.222 e. The van der Waals surface area contributed by atoms with Crippen molar-refractivity contribution >= 4 is 5.91 Å². The second-order valence-corrected chi connectivity index (χ2v) is 7.28. The maximum atomic E-state index is 12.4. The summed E-state index contributed by atoms with van der Waals surface area (Å²) in [7, 11) is 0. The summed E-state index contributed by atoms with van der Waals surface area (Å²) in [4.78, 5) is 23.0. The number of hydrogen-bond acceptors (Lipinski definition) is 4. The fourth-order valence-electron chi connectivity index (χ4n) is 3.92. The molecule has 0 radical (unpaired) electrons. The van der Waals surface area contributed by atoms with E-state index in [2.05, 4.69) is 9.97 Å². The van der Waals surface area contributed by atoms with E-state index in [1.807, 2.05) is 24.8 Å². The summed E-state index contributed by atoms with van der Waals surface area (Å²) < 4.78 is 6.00. The highest BCUT2D eigenvalue weighted by atomic mass is 16.5. The molecule has 5 heteroatoms. The van der Waals surface area contributed by atoms with Gasteiger partial charge in [-0.15, -0.1) is 0 Å². The zero-order valence-corrected chi connectivity index (χ0v) is 15.0. The van der Waals surface area contributed by atoms with Crippen LogP contribution in [0.2, 0.25) is 0 Å². The van der Waals surface area contributed by atoms with Gasteiger partial charge in [0.15, 0.2) is 0 Å². The van der Waals surface area contributed by atoms with Crippen LogP contribution in [0.15, 0.2) is 6.07 Å². The third kappa shape index (κ3) is 4.68. The number of amides is 1. The summed E-state index contributed by atoms with van der Waals surface area (Å²) in [6.07, 6.45) is 9.07. The number of piperidine rings is 1. The van der Waals surface area contributed by atoms with Gasteiger partial charge in [-0.25, -0.2) is 4.98 Å². The Morgan fingerprint density at radius 1 is 1.17 bits per heavy atom. The SMILES string of the molecule is Cc1cc(OC2CCN(C(=O)CCC3CCCC3)CC2)nc(C)n1. The van der Waals surface area contributed by atoms with Crippen molar-refractivity contribution in [1.82, 2.24) is 14.9 Å². The van der Waals surface area contributed by atoms with E-state index in [-0.39, 0.29) is 6.10 Å². The number of nitrogens with zero attached hydrogens (tertiary/aromatic N) is 3. The van der Waals surface area contributed by atoms with E-state index in [1.165, 1.54) is 25.7 Å². The highest BCUT2D eigenvalue weighted by Crippen LogP contribution is 2.29. The van der Waals surface area contributed by atoms with Crippen LogP contribution in [0.25, 0.3) is 0 Å². The molecule has 2 fully saturated rings. The second kappa shape index (κ2) is 7.95. The van der Waals surface area contributed by atoms with E-state index in [4.69, 9.17) is 4.74 Å². The summed E-state index contributed by atoms with van der Waals surface area (Å²) in [5.74, 6) is 2.52. The van der Waals surface area contributed by atoms with Gasteiger partial charge in [-0.05, 0) is 26.2 Å². The van der Waals surface area contributed by atoms with Crippen LogP contribution in [0.4, 0.5) is 0 Å². The van der Waals surface area contributed by atoms with Gasteiger partial charge in [0, 0.05) is 44.1 Å². The van der Waals surface area contributed by atoms with E-state index in [0.717, 1.165) is 56.2 Å². The van der Waals surface area contributed by atoms with Crippen LogP contribution >= 0.6 is 0 Å². The molecule has 5 nitrogen and oxygen atoms in total. The fourth-order valence-corrected chi connectivity index (χ4v) is 3.92. The summed E-state index contributed by atoms with van der Waals surface area (Å²) in [6, 6.07) is 1.88. The minimum Gasteiger partial charge on any atom is -0.474 e. The average molecular weight is 331 g/mol. The van der Waals surface area contributed by atoms with Crippen molar-refractivity contribution in [3.05, 3.63) is 17.6 Å². The van der Waals surface area contributed by atoms with Crippen molar-refractivity contribution in [2.75, 3.05) is 13.1 Å². The first-order valence-electron chi connectivity index (χ1n) is 9.37. The molecule has 1 aromatic rings. The van der Waals surface area contributed by atoms with E-state index in [1.54, 1.807) is 0 Å². The van der Waals surface area contributed by atoms with E-state index in [9.17, 15) is 4.79 Å². The number of aryl methyl sites for hydroxylation is 2. The van der Waals surface area contributed by atoms with Crippen molar-refractivity contribution in [2.45, 2.75) is 71.3 Å². The van der Waals surface area contributed by atoms with Gasteiger partial charge in [0.25, 0.3) is 0 Å². The predicted molar refractivity (Wildman–Crippen MR) is 92.9 cm³/mol. The van der Waals surface area contributed by atoms with E-state index < -0.39 is 0 Å². The number of likely N-dealkylation sites (tertiary alicyclic amines) is 1.